The molecular weight excluding hydrogens is 198 g/mol. The van der Waals surface area contributed by atoms with Gasteiger partial charge in [-0.2, -0.15) is 16.6 Å². The lowest BCUT2D eigenvalue weighted by molar-refractivity contribution is -0.137. The zero-order valence-corrected chi connectivity index (χ0v) is 8.50. The molecule has 0 aliphatic carbocycles. The molecule has 72 valence electrons. The zero-order valence-electron chi connectivity index (χ0n) is 7.69. The molecule has 1 rings (SSSR count). The maximum Gasteiger partial charge on any atom is 0.348 e. The van der Waals surface area contributed by atoms with E-state index in [1.807, 2.05) is 22.9 Å². The summed E-state index contributed by atoms with van der Waals surface area (Å²) < 4.78 is 4.72. The number of nitrogens with zero attached hydrogens (tertiary/aromatic N) is 1. The van der Waals surface area contributed by atoms with Crippen LogP contribution in [0.4, 0.5) is 0 Å². The van der Waals surface area contributed by atoms with Gasteiger partial charge in [0.1, 0.15) is 11.6 Å². The van der Waals surface area contributed by atoms with Crippen molar-refractivity contribution in [3.63, 3.8) is 0 Å². The number of hydrogen-bond donors (Lipinski definition) is 0. The summed E-state index contributed by atoms with van der Waals surface area (Å²) in [7, 11) is 0. The van der Waals surface area contributed by atoms with Gasteiger partial charge in [-0.25, -0.2) is 4.79 Å². The van der Waals surface area contributed by atoms with Crippen LogP contribution in [0.2, 0.25) is 0 Å². The second kappa shape index (κ2) is 5.20. The lowest BCUT2D eigenvalue weighted by Crippen LogP contribution is -2.05. The lowest BCUT2D eigenvalue weighted by atomic mass is 10.2. The number of nitriles is 1. The fourth-order valence-corrected chi connectivity index (χ4v) is 1.49. The Morgan fingerprint density at radius 1 is 1.79 bits per heavy atom. The SMILES string of the molecule is CCOC(=O)/C(C#N)=C\c1ccsc1. The lowest BCUT2D eigenvalue weighted by Gasteiger charge is -1.97. The average molecular weight is 207 g/mol. The highest BCUT2D eigenvalue weighted by Crippen LogP contribution is 2.11. The van der Waals surface area contributed by atoms with Gasteiger partial charge in [0.2, 0.25) is 0 Å². The number of rotatable bonds is 3. The van der Waals surface area contributed by atoms with Crippen molar-refractivity contribution in [1.29, 1.82) is 5.26 Å². The Balaban J connectivity index is 2.83. The van der Waals surface area contributed by atoms with Crippen LogP contribution in [0.3, 0.4) is 0 Å². The molecular formula is C10H9NO2S. The minimum absolute atomic E-state index is 0.0326. The molecule has 0 radical (unpaired) electrons. The van der Waals surface area contributed by atoms with Gasteiger partial charge in [-0.1, -0.05) is 0 Å². The number of hydrogen-bond acceptors (Lipinski definition) is 4. The van der Waals surface area contributed by atoms with Crippen molar-refractivity contribution < 1.29 is 9.53 Å². The molecule has 0 spiro atoms. The van der Waals surface area contributed by atoms with Gasteiger partial charge < -0.3 is 4.74 Å². The van der Waals surface area contributed by atoms with Crippen LogP contribution in [0.5, 0.6) is 0 Å². The normalized spacial score (nSPS) is 10.7. The van der Waals surface area contributed by atoms with Crippen molar-refractivity contribution in [3.8, 4) is 6.07 Å². The first-order valence-electron chi connectivity index (χ1n) is 4.09. The highest BCUT2D eigenvalue weighted by Gasteiger charge is 2.09. The van der Waals surface area contributed by atoms with Gasteiger partial charge in [-0.05, 0) is 35.4 Å². The smallest absolute Gasteiger partial charge is 0.348 e. The number of esters is 1. The van der Waals surface area contributed by atoms with Gasteiger partial charge >= 0.3 is 5.97 Å². The molecule has 0 fully saturated rings. The summed E-state index contributed by atoms with van der Waals surface area (Å²) in [6.07, 6.45) is 1.52. The first kappa shape index (κ1) is 10.5. The van der Waals surface area contributed by atoms with Crippen LogP contribution in [0.1, 0.15) is 12.5 Å². The van der Waals surface area contributed by atoms with Gasteiger partial charge in [0.15, 0.2) is 0 Å². The van der Waals surface area contributed by atoms with Crippen LogP contribution >= 0.6 is 11.3 Å². The average Bonchev–Trinajstić information content (AvgIpc) is 2.66. The second-order valence-electron chi connectivity index (χ2n) is 2.45. The Morgan fingerprint density at radius 3 is 3.07 bits per heavy atom. The van der Waals surface area contributed by atoms with E-state index >= 15 is 0 Å². The minimum Gasteiger partial charge on any atom is -0.462 e. The van der Waals surface area contributed by atoms with E-state index in [0.717, 1.165) is 5.56 Å². The number of thiophene rings is 1. The topological polar surface area (TPSA) is 50.1 Å². The zero-order chi connectivity index (χ0) is 10.4. The Hall–Kier alpha value is -1.60. The summed E-state index contributed by atoms with van der Waals surface area (Å²) in [5.41, 5.74) is 0.879. The number of ether oxygens (including phenoxy) is 1. The maximum atomic E-state index is 11.2. The Morgan fingerprint density at radius 2 is 2.57 bits per heavy atom. The third-order valence-electron chi connectivity index (χ3n) is 1.47. The predicted molar refractivity (Wildman–Crippen MR) is 54.5 cm³/mol. The van der Waals surface area contributed by atoms with Crippen molar-refractivity contribution in [1.82, 2.24) is 0 Å². The van der Waals surface area contributed by atoms with Gasteiger partial charge in [0, 0.05) is 0 Å². The number of carbonyl (C=O) groups is 1. The van der Waals surface area contributed by atoms with Crippen LogP contribution < -0.4 is 0 Å². The molecule has 0 saturated carbocycles. The highest BCUT2D eigenvalue weighted by atomic mass is 32.1. The van der Waals surface area contributed by atoms with Crippen LogP contribution in [0.25, 0.3) is 6.08 Å². The first-order valence-corrected chi connectivity index (χ1v) is 5.03. The summed E-state index contributed by atoms with van der Waals surface area (Å²) in [4.78, 5) is 11.2. The summed E-state index contributed by atoms with van der Waals surface area (Å²) in [6, 6.07) is 3.65. The van der Waals surface area contributed by atoms with Crippen LogP contribution in [-0.4, -0.2) is 12.6 Å². The third kappa shape index (κ3) is 2.71. The molecule has 0 saturated heterocycles. The fourth-order valence-electron chi connectivity index (χ4n) is 0.869. The molecule has 0 N–H and O–H groups in total. The van der Waals surface area contributed by atoms with E-state index in [4.69, 9.17) is 10.00 Å². The molecule has 14 heavy (non-hydrogen) atoms. The fraction of sp³-hybridized carbons (Fsp3) is 0.200. The van der Waals surface area contributed by atoms with Gasteiger partial charge in [0.05, 0.1) is 6.61 Å². The maximum absolute atomic E-state index is 11.2. The van der Waals surface area contributed by atoms with E-state index in [9.17, 15) is 4.79 Å². The molecule has 0 atom stereocenters. The van der Waals surface area contributed by atoms with Gasteiger partial charge in [-0.3, -0.25) is 0 Å². The van der Waals surface area contributed by atoms with Crippen molar-refractivity contribution in [2.24, 2.45) is 0 Å². The van der Waals surface area contributed by atoms with E-state index in [1.54, 1.807) is 6.92 Å². The highest BCUT2D eigenvalue weighted by molar-refractivity contribution is 7.08. The van der Waals surface area contributed by atoms with E-state index in [-0.39, 0.29) is 12.2 Å². The molecule has 1 aromatic rings. The third-order valence-corrected chi connectivity index (χ3v) is 2.17. The van der Waals surface area contributed by atoms with Crippen LogP contribution in [0, 0.1) is 11.3 Å². The van der Waals surface area contributed by atoms with E-state index in [2.05, 4.69) is 0 Å². The molecule has 1 aromatic heterocycles. The van der Waals surface area contributed by atoms with Crippen molar-refractivity contribution >= 4 is 23.4 Å². The molecule has 1 heterocycles. The Kier molecular flexibility index (Phi) is 3.89. The largest absolute Gasteiger partial charge is 0.462 e. The predicted octanol–water partition coefficient (Wildman–Crippen LogP) is 2.22. The summed E-state index contributed by atoms with van der Waals surface area (Å²) in [6.45, 7) is 1.99. The first-order chi connectivity index (χ1) is 6.77. The standard InChI is InChI=1S/C10H9NO2S/c1-2-13-10(12)9(6-11)5-8-3-4-14-7-8/h3-5,7H,2H2,1H3/b9-5-. The van der Waals surface area contributed by atoms with Crippen molar-refractivity contribution in [2.75, 3.05) is 6.61 Å². The molecule has 0 aromatic carbocycles. The summed E-state index contributed by atoms with van der Waals surface area (Å²) >= 11 is 1.51. The van der Waals surface area contributed by atoms with Gasteiger partial charge in [0.25, 0.3) is 0 Å². The monoisotopic (exact) mass is 207 g/mol. The Bertz CT molecular complexity index is 373. The summed E-state index contributed by atoms with van der Waals surface area (Å²) in [5, 5.41) is 12.4. The van der Waals surface area contributed by atoms with E-state index in [0.29, 0.717) is 0 Å². The quantitative estimate of drug-likeness (QED) is 0.434. The number of carbonyl (C=O) groups excluding carboxylic acids is 1. The second-order valence-corrected chi connectivity index (χ2v) is 3.23. The van der Waals surface area contributed by atoms with Crippen molar-refractivity contribution in [3.05, 3.63) is 28.0 Å². The molecule has 4 heteroatoms. The molecule has 0 aliphatic rings. The molecule has 0 aliphatic heterocycles. The molecule has 0 unspecified atom stereocenters. The Labute approximate surface area is 86.2 Å². The van der Waals surface area contributed by atoms with Crippen molar-refractivity contribution in [2.45, 2.75) is 6.92 Å². The minimum atomic E-state index is -0.568. The van der Waals surface area contributed by atoms with Crippen LogP contribution in [-0.2, 0) is 9.53 Å². The van der Waals surface area contributed by atoms with Crippen LogP contribution in [0.15, 0.2) is 22.4 Å². The van der Waals surface area contributed by atoms with Gasteiger partial charge in [-0.15, -0.1) is 0 Å². The molecule has 0 bridgehead atoms. The van der Waals surface area contributed by atoms with E-state index in [1.165, 1.54) is 17.4 Å². The molecule has 3 nitrogen and oxygen atoms in total. The van der Waals surface area contributed by atoms with E-state index < -0.39 is 5.97 Å². The summed E-state index contributed by atoms with van der Waals surface area (Å²) in [5.74, 6) is -0.568. The molecule has 0 amide bonds.